The number of fused-ring (bicyclic) bond motifs is 1. The van der Waals surface area contributed by atoms with Crippen molar-refractivity contribution in [3.05, 3.63) is 39.8 Å². The Morgan fingerprint density at radius 1 is 1.18 bits per heavy atom. The Kier molecular flexibility index (Phi) is 4.07. The van der Waals surface area contributed by atoms with Crippen LogP contribution in [0.4, 0.5) is 0 Å². The zero-order valence-corrected chi connectivity index (χ0v) is 20.3. The number of aromatic hydroxyl groups is 1. The molecular weight excluding hydrogens is 446 g/mol. The number of aromatic nitrogens is 1. The summed E-state index contributed by atoms with van der Waals surface area (Å²) >= 11 is 1.70. The number of likely N-dealkylation sites (tertiary alicyclic amines) is 1. The lowest BCUT2D eigenvalue weighted by Gasteiger charge is -2.69. The summed E-state index contributed by atoms with van der Waals surface area (Å²) in [4.78, 5) is 7.08. The maximum absolute atomic E-state index is 12.7. The van der Waals surface area contributed by atoms with Gasteiger partial charge < -0.3 is 20.3 Å². The van der Waals surface area contributed by atoms with E-state index >= 15 is 0 Å². The van der Waals surface area contributed by atoms with Crippen LogP contribution in [0.5, 0.6) is 11.5 Å². The number of nitrogens with one attached hydrogen (secondary N) is 1. The summed E-state index contributed by atoms with van der Waals surface area (Å²) in [6, 6.07) is 4.42. The summed E-state index contributed by atoms with van der Waals surface area (Å²) < 4.78 is 6.85. The van der Waals surface area contributed by atoms with Gasteiger partial charge in [0.2, 0.25) is 0 Å². The molecule has 0 unspecified atom stereocenters. The van der Waals surface area contributed by atoms with Gasteiger partial charge in [-0.15, -0.1) is 11.3 Å². The third-order valence-electron chi connectivity index (χ3n) is 10.6. The summed E-state index contributed by atoms with van der Waals surface area (Å²) in [5, 5.41) is 30.6. The molecule has 2 bridgehead atoms. The summed E-state index contributed by atoms with van der Waals surface area (Å²) in [6.07, 6.45) is 10.3. The largest absolute Gasteiger partial charge is 0.504 e. The van der Waals surface area contributed by atoms with E-state index in [4.69, 9.17) is 4.74 Å². The minimum Gasteiger partial charge on any atom is -0.504 e. The predicted octanol–water partition coefficient (Wildman–Crippen LogP) is 3.35. The summed E-state index contributed by atoms with van der Waals surface area (Å²) in [7, 11) is 0. The number of thiazole rings is 1. The second-order valence-corrected chi connectivity index (χ2v) is 12.9. The van der Waals surface area contributed by atoms with Gasteiger partial charge in [0.05, 0.1) is 11.0 Å². The molecule has 6 atom stereocenters. The highest BCUT2D eigenvalue weighted by Crippen LogP contribution is 2.71. The molecule has 180 valence electrons. The SMILES string of the molecule is Oc1ccc2c3c1O[C@H]1[C@@]4(CC[C@@H]4NCc4nccs4)CC[C@@]4(O)[C@@H](C2)N(CC2CC2)CC[C@]314. The molecule has 3 N–H and O–H groups in total. The number of aliphatic hydroxyl groups is 1. The summed E-state index contributed by atoms with van der Waals surface area (Å²) in [6.45, 7) is 2.93. The van der Waals surface area contributed by atoms with Crippen LogP contribution in [0.25, 0.3) is 0 Å². The number of nitrogens with zero attached hydrogens (tertiary/aromatic N) is 2. The van der Waals surface area contributed by atoms with E-state index in [-0.39, 0.29) is 23.3 Å². The van der Waals surface area contributed by atoms with Crippen molar-refractivity contribution in [2.75, 3.05) is 13.1 Å². The van der Waals surface area contributed by atoms with Gasteiger partial charge in [0.15, 0.2) is 11.5 Å². The lowest BCUT2D eigenvalue weighted by Crippen LogP contribution is -2.80. The van der Waals surface area contributed by atoms with E-state index in [1.54, 1.807) is 11.3 Å². The van der Waals surface area contributed by atoms with Crippen molar-refractivity contribution in [3.63, 3.8) is 0 Å². The van der Waals surface area contributed by atoms with Gasteiger partial charge in [-0.05, 0) is 75.5 Å². The first kappa shape index (κ1) is 20.5. The van der Waals surface area contributed by atoms with Gasteiger partial charge >= 0.3 is 0 Å². The number of piperidine rings is 1. The highest BCUT2D eigenvalue weighted by Gasteiger charge is 2.77. The molecule has 2 spiro atoms. The highest BCUT2D eigenvalue weighted by molar-refractivity contribution is 7.09. The smallest absolute Gasteiger partial charge is 0.165 e. The lowest BCUT2D eigenvalue weighted by atomic mass is 9.40. The quantitative estimate of drug-likeness (QED) is 0.611. The molecule has 2 aromatic rings. The first-order valence-electron chi connectivity index (χ1n) is 13.2. The average Bonchev–Trinajstić information content (AvgIpc) is 3.33. The van der Waals surface area contributed by atoms with E-state index in [1.165, 1.54) is 18.4 Å². The number of phenols is 1. The number of hydrogen-bond acceptors (Lipinski definition) is 7. The maximum atomic E-state index is 12.7. The first-order chi connectivity index (χ1) is 16.6. The zero-order chi connectivity index (χ0) is 22.7. The molecule has 4 aliphatic carbocycles. The Morgan fingerprint density at radius 3 is 2.85 bits per heavy atom. The Morgan fingerprint density at radius 2 is 2.09 bits per heavy atom. The van der Waals surface area contributed by atoms with Crippen molar-refractivity contribution < 1.29 is 14.9 Å². The van der Waals surface area contributed by atoms with Crippen molar-refractivity contribution in [2.24, 2.45) is 11.3 Å². The van der Waals surface area contributed by atoms with Crippen LogP contribution in [0.15, 0.2) is 23.7 Å². The molecule has 34 heavy (non-hydrogen) atoms. The zero-order valence-electron chi connectivity index (χ0n) is 19.5. The molecule has 0 amide bonds. The molecule has 7 heteroatoms. The van der Waals surface area contributed by atoms with Crippen LogP contribution in [0, 0.1) is 11.3 Å². The molecule has 3 heterocycles. The average molecular weight is 480 g/mol. The Bertz CT molecular complexity index is 1150. The predicted molar refractivity (Wildman–Crippen MR) is 129 cm³/mol. The van der Waals surface area contributed by atoms with Crippen LogP contribution in [-0.2, 0) is 18.4 Å². The third-order valence-corrected chi connectivity index (χ3v) is 11.4. The van der Waals surface area contributed by atoms with E-state index in [1.807, 2.05) is 17.6 Å². The molecular formula is C27H33N3O3S. The van der Waals surface area contributed by atoms with Gasteiger partial charge in [0.25, 0.3) is 0 Å². The molecule has 3 saturated carbocycles. The minimum atomic E-state index is -0.794. The number of ether oxygens (including phenoxy) is 1. The van der Waals surface area contributed by atoms with Crippen molar-refractivity contribution in [3.8, 4) is 11.5 Å². The van der Waals surface area contributed by atoms with Gasteiger partial charge in [0, 0.05) is 47.7 Å². The minimum absolute atomic E-state index is 0.00717. The number of phenolic OH excluding ortho intramolecular Hbond substituents is 1. The molecule has 0 radical (unpaired) electrons. The van der Waals surface area contributed by atoms with Gasteiger partial charge in [-0.25, -0.2) is 4.98 Å². The van der Waals surface area contributed by atoms with Crippen molar-refractivity contribution >= 4 is 11.3 Å². The molecule has 1 saturated heterocycles. The lowest BCUT2D eigenvalue weighted by molar-refractivity contribution is -0.236. The molecule has 4 fully saturated rings. The van der Waals surface area contributed by atoms with Crippen LogP contribution in [0.1, 0.15) is 61.1 Å². The van der Waals surface area contributed by atoms with Gasteiger partial charge in [-0.3, -0.25) is 4.90 Å². The fourth-order valence-electron chi connectivity index (χ4n) is 8.77. The Balaban J connectivity index is 1.22. The van der Waals surface area contributed by atoms with Crippen molar-refractivity contribution in [2.45, 2.75) is 87.1 Å². The Labute approximate surface area is 204 Å². The normalized spacial score (nSPS) is 41.7. The molecule has 2 aliphatic heterocycles. The maximum Gasteiger partial charge on any atom is 0.165 e. The second-order valence-electron chi connectivity index (χ2n) is 11.9. The summed E-state index contributed by atoms with van der Waals surface area (Å²) in [5.74, 6) is 1.72. The number of hydrogen-bond donors (Lipinski definition) is 3. The monoisotopic (exact) mass is 479 g/mol. The van der Waals surface area contributed by atoms with E-state index in [0.717, 1.165) is 74.6 Å². The van der Waals surface area contributed by atoms with E-state index in [2.05, 4.69) is 21.3 Å². The standard InChI is InChI=1S/C27H33N3O3S/c31-18-4-3-17-13-20-27(32)8-7-25(6-5-19(25)29-14-21-28-10-12-34-21)24-26(27,22(17)23(18)33-24)9-11-30(20)15-16-1-2-16/h3-4,10,12,16,19-20,24,29,31-32H,1-2,5-9,11,13-15H2/t19-,20+,24-,25-,26-,27+/m0/s1. The molecule has 1 aromatic heterocycles. The van der Waals surface area contributed by atoms with Crippen molar-refractivity contribution in [1.82, 2.24) is 15.2 Å². The second kappa shape index (κ2) is 6.75. The van der Waals surface area contributed by atoms with Gasteiger partial charge in [-0.2, -0.15) is 0 Å². The van der Waals surface area contributed by atoms with Crippen LogP contribution in [0.3, 0.4) is 0 Å². The van der Waals surface area contributed by atoms with E-state index in [9.17, 15) is 10.2 Å². The highest BCUT2D eigenvalue weighted by atomic mass is 32.1. The third kappa shape index (κ3) is 2.40. The molecule has 1 aromatic carbocycles. The Hall–Kier alpha value is -1.67. The summed E-state index contributed by atoms with van der Waals surface area (Å²) in [5.41, 5.74) is 1.21. The van der Waals surface area contributed by atoms with E-state index < -0.39 is 11.0 Å². The van der Waals surface area contributed by atoms with Crippen LogP contribution in [0.2, 0.25) is 0 Å². The molecule has 8 rings (SSSR count). The van der Waals surface area contributed by atoms with Crippen LogP contribution in [-0.4, -0.2) is 57.0 Å². The number of rotatable bonds is 5. The molecule has 6 nitrogen and oxygen atoms in total. The van der Waals surface area contributed by atoms with E-state index in [0.29, 0.717) is 11.8 Å². The van der Waals surface area contributed by atoms with Gasteiger partial charge in [0.1, 0.15) is 11.1 Å². The van der Waals surface area contributed by atoms with Crippen molar-refractivity contribution in [1.29, 1.82) is 0 Å². The first-order valence-corrected chi connectivity index (χ1v) is 14.0. The number of benzene rings is 1. The van der Waals surface area contributed by atoms with Crippen LogP contribution >= 0.6 is 11.3 Å². The van der Waals surface area contributed by atoms with Gasteiger partial charge in [-0.1, -0.05) is 6.07 Å². The fourth-order valence-corrected chi connectivity index (χ4v) is 9.34. The molecule has 6 aliphatic rings. The fraction of sp³-hybridized carbons (Fsp3) is 0.667. The topological polar surface area (TPSA) is 77.8 Å². The van der Waals surface area contributed by atoms with Crippen LogP contribution < -0.4 is 10.1 Å².